The van der Waals surface area contributed by atoms with E-state index in [-0.39, 0.29) is 17.2 Å². The van der Waals surface area contributed by atoms with Crippen LogP contribution in [0.1, 0.15) is 22.0 Å². The molecule has 0 radical (unpaired) electrons. The first-order chi connectivity index (χ1) is 14.0. The van der Waals surface area contributed by atoms with Gasteiger partial charge in [0.25, 0.3) is 5.91 Å². The van der Waals surface area contributed by atoms with Crippen molar-refractivity contribution in [3.8, 4) is 17.6 Å². The Morgan fingerprint density at radius 3 is 2.31 bits per heavy atom. The maximum Gasteiger partial charge on any atom is 0.387 e. The summed E-state index contributed by atoms with van der Waals surface area (Å²) < 4.78 is 34.8. The second-order valence-corrected chi connectivity index (χ2v) is 6.51. The SMILES string of the molecule is COc1ccc(C(C#N)N2CCN(C(=O)c3ccccc3OC(F)F)CC2)cc1. The molecule has 1 unspecified atom stereocenters. The molecule has 0 spiro atoms. The topological polar surface area (TPSA) is 65.8 Å². The number of rotatable bonds is 6. The molecular formula is C21H21F2N3O3. The van der Waals surface area contributed by atoms with Gasteiger partial charge in [-0.1, -0.05) is 24.3 Å². The summed E-state index contributed by atoms with van der Waals surface area (Å²) in [5, 5.41) is 9.64. The highest BCUT2D eigenvalue weighted by Gasteiger charge is 2.29. The number of para-hydroxylation sites is 1. The summed E-state index contributed by atoms with van der Waals surface area (Å²) in [6.45, 7) is -1.24. The van der Waals surface area contributed by atoms with Gasteiger partial charge in [-0.05, 0) is 29.8 Å². The van der Waals surface area contributed by atoms with Crippen LogP contribution in [0, 0.1) is 11.3 Å². The number of alkyl halides is 2. The molecule has 0 N–H and O–H groups in total. The van der Waals surface area contributed by atoms with E-state index in [1.54, 1.807) is 36.3 Å². The van der Waals surface area contributed by atoms with Gasteiger partial charge in [0.15, 0.2) is 0 Å². The van der Waals surface area contributed by atoms with Gasteiger partial charge in [-0.2, -0.15) is 14.0 Å². The Kier molecular flexibility index (Phi) is 6.62. The standard InChI is InChI=1S/C21H21F2N3O3/c1-28-16-8-6-15(7-9-16)18(14-24)25-10-12-26(13-11-25)20(27)17-4-2-3-5-19(17)29-21(22)23/h2-9,18,21H,10-13H2,1H3. The predicted octanol–water partition coefficient (Wildman–Crippen LogP) is 3.32. The van der Waals surface area contributed by atoms with E-state index in [0.29, 0.717) is 31.9 Å². The predicted molar refractivity (Wildman–Crippen MR) is 102 cm³/mol. The maximum absolute atomic E-state index is 12.8. The second kappa shape index (κ2) is 9.34. The molecule has 1 aliphatic heterocycles. The van der Waals surface area contributed by atoms with Gasteiger partial charge in [-0.25, -0.2) is 0 Å². The van der Waals surface area contributed by atoms with E-state index in [1.807, 2.05) is 17.0 Å². The van der Waals surface area contributed by atoms with Gasteiger partial charge in [-0.3, -0.25) is 9.69 Å². The monoisotopic (exact) mass is 401 g/mol. The van der Waals surface area contributed by atoms with Crippen LogP contribution in [0.4, 0.5) is 8.78 Å². The summed E-state index contributed by atoms with van der Waals surface area (Å²) >= 11 is 0. The summed E-state index contributed by atoms with van der Waals surface area (Å²) in [4.78, 5) is 16.4. The molecule has 152 valence electrons. The highest BCUT2D eigenvalue weighted by Crippen LogP contribution is 2.26. The molecule has 1 amide bonds. The van der Waals surface area contributed by atoms with E-state index >= 15 is 0 Å². The Bertz CT molecular complexity index is 875. The van der Waals surface area contributed by atoms with Gasteiger partial charge in [0.05, 0.1) is 18.7 Å². The summed E-state index contributed by atoms with van der Waals surface area (Å²) in [5.41, 5.74) is 0.956. The third-order valence-corrected chi connectivity index (χ3v) is 4.85. The zero-order valence-corrected chi connectivity index (χ0v) is 15.9. The van der Waals surface area contributed by atoms with Crippen LogP contribution in [0.25, 0.3) is 0 Å². The van der Waals surface area contributed by atoms with Gasteiger partial charge in [0, 0.05) is 26.2 Å². The van der Waals surface area contributed by atoms with Crippen molar-refractivity contribution in [2.75, 3.05) is 33.3 Å². The summed E-state index contributed by atoms with van der Waals surface area (Å²) in [7, 11) is 1.58. The number of nitrogens with zero attached hydrogens (tertiary/aromatic N) is 3. The number of carbonyl (C=O) groups is 1. The molecule has 1 atom stereocenters. The van der Waals surface area contributed by atoms with Gasteiger partial charge in [0.2, 0.25) is 0 Å². The number of benzene rings is 2. The number of piperazine rings is 1. The Morgan fingerprint density at radius 2 is 1.72 bits per heavy atom. The van der Waals surface area contributed by atoms with E-state index < -0.39 is 12.7 Å². The largest absolute Gasteiger partial charge is 0.497 e. The van der Waals surface area contributed by atoms with E-state index in [0.717, 1.165) is 5.56 Å². The lowest BCUT2D eigenvalue weighted by Crippen LogP contribution is -2.49. The third-order valence-electron chi connectivity index (χ3n) is 4.85. The lowest BCUT2D eigenvalue weighted by molar-refractivity contribution is -0.0503. The van der Waals surface area contributed by atoms with Crippen LogP contribution in [0.15, 0.2) is 48.5 Å². The molecule has 6 nitrogen and oxygen atoms in total. The molecule has 0 bridgehead atoms. The molecule has 1 heterocycles. The number of hydrogen-bond donors (Lipinski definition) is 0. The minimum Gasteiger partial charge on any atom is -0.497 e. The lowest BCUT2D eigenvalue weighted by Gasteiger charge is -2.37. The van der Waals surface area contributed by atoms with Crippen molar-refractivity contribution in [3.63, 3.8) is 0 Å². The van der Waals surface area contributed by atoms with E-state index in [1.165, 1.54) is 12.1 Å². The van der Waals surface area contributed by atoms with Gasteiger partial charge >= 0.3 is 6.61 Å². The quantitative estimate of drug-likeness (QED) is 0.743. The average Bonchev–Trinajstić information content (AvgIpc) is 2.75. The Hall–Kier alpha value is -3.18. The molecule has 3 rings (SSSR count). The smallest absolute Gasteiger partial charge is 0.387 e. The minimum atomic E-state index is -3.00. The van der Waals surface area contributed by atoms with Crippen molar-refractivity contribution in [3.05, 3.63) is 59.7 Å². The van der Waals surface area contributed by atoms with Crippen molar-refractivity contribution in [2.45, 2.75) is 12.7 Å². The Labute approximate surface area is 167 Å². The van der Waals surface area contributed by atoms with Crippen LogP contribution in [-0.2, 0) is 0 Å². The minimum absolute atomic E-state index is 0.105. The third kappa shape index (κ3) is 4.81. The molecule has 0 saturated carbocycles. The number of amides is 1. The van der Waals surface area contributed by atoms with E-state index in [9.17, 15) is 18.8 Å². The van der Waals surface area contributed by atoms with Crippen molar-refractivity contribution in [1.29, 1.82) is 5.26 Å². The highest BCUT2D eigenvalue weighted by molar-refractivity contribution is 5.97. The molecule has 0 aromatic heterocycles. The lowest BCUT2D eigenvalue weighted by atomic mass is 10.0. The first-order valence-corrected chi connectivity index (χ1v) is 9.14. The maximum atomic E-state index is 12.8. The fraction of sp³-hybridized carbons (Fsp3) is 0.333. The number of halogens is 2. The summed E-state index contributed by atoms with van der Waals surface area (Å²) in [5.74, 6) is 0.215. The van der Waals surface area contributed by atoms with Gasteiger partial charge in [-0.15, -0.1) is 0 Å². The first-order valence-electron chi connectivity index (χ1n) is 9.14. The van der Waals surface area contributed by atoms with Crippen molar-refractivity contribution in [2.24, 2.45) is 0 Å². The first kappa shape index (κ1) is 20.6. The van der Waals surface area contributed by atoms with Crippen LogP contribution in [-0.4, -0.2) is 55.6 Å². The number of hydrogen-bond acceptors (Lipinski definition) is 5. The van der Waals surface area contributed by atoms with Crippen LogP contribution >= 0.6 is 0 Å². The molecule has 0 aliphatic carbocycles. The molecule has 1 fully saturated rings. The number of carbonyl (C=O) groups excluding carboxylic acids is 1. The van der Waals surface area contributed by atoms with Crippen molar-refractivity contribution in [1.82, 2.24) is 9.80 Å². The summed E-state index contributed by atoms with van der Waals surface area (Å²) in [6, 6.07) is 15.2. The van der Waals surface area contributed by atoms with Crippen molar-refractivity contribution >= 4 is 5.91 Å². The molecule has 29 heavy (non-hydrogen) atoms. The molecule has 2 aromatic rings. The molecule has 1 saturated heterocycles. The van der Waals surface area contributed by atoms with Crippen LogP contribution < -0.4 is 9.47 Å². The molecule has 1 aliphatic rings. The summed E-state index contributed by atoms with van der Waals surface area (Å²) in [6.07, 6.45) is 0. The fourth-order valence-electron chi connectivity index (χ4n) is 3.35. The second-order valence-electron chi connectivity index (χ2n) is 6.51. The Morgan fingerprint density at radius 1 is 1.07 bits per heavy atom. The van der Waals surface area contributed by atoms with E-state index in [4.69, 9.17) is 4.74 Å². The number of ether oxygens (including phenoxy) is 2. The molecule has 2 aromatic carbocycles. The van der Waals surface area contributed by atoms with Gasteiger partial charge < -0.3 is 14.4 Å². The van der Waals surface area contributed by atoms with Crippen LogP contribution in [0.2, 0.25) is 0 Å². The van der Waals surface area contributed by atoms with Crippen LogP contribution in [0.5, 0.6) is 11.5 Å². The van der Waals surface area contributed by atoms with Crippen molar-refractivity contribution < 1.29 is 23.0 Å². The van der Waals surface area contributed by atoms with Crippen LogP contribution in [0.3, 0.4) is 0 Å². The average molecular weight is 401 g/mol. The number of methoxy groups -OCH3 is 1. The molecular weight excluding hydrogens is 380 g/mol. The Balaban J connectivity index is 1.67. The van der Waals surface area contributed by atoms with Gasteiger partial charge in [0.1, 0.15) is 17.5 Å². The molecule has 8 heteroatoms. The number of nitriles is 1. The van der Waals surface area contributed by atoms with E-state index in [2.05, 4.69) is 10.8 Å². The zero-order chi connectivity index (χ0) is 20.8. The normalized spacial score (nSPS) is 15.6. The highest BCUT2D eigenvalue weighted by atomic mass is 19.3. The fourth-order valence-corrected chi connectivity index (χ4v) is 3.35. The zero-order valence-electron chi connectivity index (χ0n) is 15.9.